The van der Waals surface area contributed by atoms with Gasteiger partial charge in [-0.15, -0.1) is 0 Å². The molecule has 3 rings (SSSR count). The summed E-state index contributed by atoms with van der Waals surface area (Å²) in [5.41, 5.74) is 0.172. The van der Waals surface area contributed by atoms with Crippen molar-refractivity contribution in [1.82, 2.24) is 5.32 Å². The first-order valence-corrected chi connectivity index (χ1v) is 5.73. The van der Waals surface area contributed by atoms with E-state index in [-0.39, 0.29) is 11.8 Å². The second-order valence-electron chi connectivity index (χ2n) is 4.71. The minimum Gasteiger partial charge on any atom is -0.355 e. The van der Waals surface area contributed by atoms with Crippen LogP contribution in [0.4, 0.5) is 11.4 Å². The Balaban J connectivity index is 2.22. The molecule has 2 unspecified atom stereocenters. The average molecular weight is 263 g/mol. The Bertz CT molecular complexity index is 627. The van der Waals surface area contributed by atoms with Crippen LogP contribution < -0.4 is 5.32 Å². The molecule has 0 saturated carbocycles. The van der Waals surface area contributed by atoms with Gasteiger partial charge < -0.3 is 5.32 Å². The molecule has 2 atom stereocenters. The Hall–Kier alpha value is -2.51. The summed E-state index contributed by atoms with van der Waals surface area (Å²) in [7, 11) is 0. The van der Waals surface area contributed by atoms with Crippen LogP contribution in [0, 0.1) is 20.2 Å². The first kappa shape index (κ1) is 11.6. The van der Waals surface area contributed by atoms with E-state index in [2.05, 4.69) is 5.32 Å². The molecule has 98 valence electrons. The molecule has 1 aliphatic carbocycles. The molecule has 0 aromatic heterocycles. The summed E-state index contributed by atoms with van der Waals surface area (Å²) >= 11 is 0. The summed E-state index contributed by atoms with van der Waals surface area (Å²) in [6, 6.07) is 2.43. The number of rotatable bonds is 2. The Morgan fingerprint density at radius 2 is 1.68 bits per heavy atom. The van der Waals surface area contributed by atoms with Gasteiger partial charge in [0.2, 0.25) is 5.91 Å². The first-order valence-electron chi connectivity index (χ1n) is 5.73. The molecule has 19 heavy (non-hydrogen) atoms. The quantitative estimate of drug-likeness (QED) is 0.635. The molecule has 1 aromatic rings. The monoisotopic (exact) mass is 263 g/mol. The second kappa shape index (κ2) is 3.74. The van der Waals surface area contributed by atoms with Crippen LogP contribution in [0.3, 0.4) is 0 Å². The van der Waals surface area contributed by atoms with Gasteiger partial charge in [-0.25, -0.2) is 0 Å². The third kappa shape index (κ3) is 1.56. The molecule has 1 fully saturated rings. The molecule has 2 bridgehead atoms. The molecule has 8 heteroatoms. The number of piperidine rings is 1. The SMILES string of the molecule is O=C1NCC2CC1c1cc([N+](=O)[O-])c([N+](=O)[O-])cc12. The molecule has 1 aromatic carbocycles. The number of hydrogen-bond acceptors (Lipinski definition) is 5. The minimum absolute atomic E-state index is 0.0113. The van der Waals surface area contributed by atoms with Gasteiger partial charge in [-0.2, -0.15) is 0 Å². The van der Waals surface area contributed by atoms with Crippen LogP contribution >= 0.6 is 0 Å². The number of benzene rings is 1. The topological polar surface area (TPSA) is 115 Å². The number of nitrogens with zero attached hydrogens (tertiary/aromatic N) is 2. The van der Waals surface area contributed by atoms with Crippen LogP contribution in [0.15, 0.2) is 12.1 Å². The van der Waals surface area contributed by atoms with E-state index in [1.54, 1.807) is 0 Å². The van der Waals surface area contributed by atoms with E-state index >= 15 is 0 Å². The van der Waals surface area contributed by atoms with Gasteiger partial charge in [0.15, 0.2) is 0 Å². The maximum Gasteiger partial charge on any atom is 0.346 e. The zero-order chi connectivity index (χ0) is 13.7. The van der Waals surface area contributed by atoms with Crippen LogP contribution in [0.25, 0.3) is 0 Å². The van der Waals surface area contributed by atoms with Gasteiger partial charge >= 0.3 is 11.4 Å². The number of nitrogens with one attached hydrogen (secondary N) is 1. The Labute approximate surface area is 106 Å². The molecule has 2 aliphatic rings. The van der Waals surface area contributed by atoms with E-state index < -0.39 is 27.1 Å². The number of carbonyl (C=O) groups excluding carboxylic acids is 1. The predicted octanol–water partition coefficient (Wildman–Crippen LogP) is 1.20. The van der Waals surface area contributed by atoms with Crippen molar-refractivity contribution in [3.63, 3.8) is 0 Å². The maximum atomic E-state index is 11.7. The summed E-state index contributed by atoms with van der Waals surface area (Å²) in [5, 5.41) is 24.5. The van der Waals surface area contributed by atoms with Crippen LogP contribution in [-0.4, -0.2) is 22.3 Å². The van der Waals surface area contributed by atoms with E-state index in [9.17, 15) is 25.0 Å². The van der Waals surface area contributed by atoms with Crippen molar-refractivity contribution in [3.05, 3.63) is 43.5 Å². The van der Waals surface area contributed by atoms with E-state index in [1.807, 2.05) is 0 Å². The Morgan fingerprint density at radius 3 is 2.26 bits per heavy atom. The van der Waals surface area contributed by atoms with Crippen LogP contribution in [0.5, 0.6) is 0 Å². The second-order valence-corrected chi connectivity index (χ2v) is 4.71. The number of carbonyl (C=O) groups is 1. The van der Waals surface area contributed by atoms with E-state index in [1.165, 1.54) is 12.1 Å². The van der Waals surface area contributed by atoms with E-state index in [4.69, 9.17) is 0 Å². The highest BCUT2D eigenvalue weighted by Crippen LogP contribution is 2.47. The molecule has 1 saturated heterocycles. The lowest BCUT2D eigenvalue weighted by atomic mass is 9.97. The third-order valence-corrected chi connectivity index (χ3v) is 3.75. The average Bonchev–Trinajstić information content (AvgIpc) is 2.67. The largest absolute Gasteiger partial charge is 0.355 e. The fourth-order valence-electron chi connectivity index (χ4n) is 2.88. The Morgan fingerprint density at radius 1 is 1.11 bits per heavy atom. The summed E-state index contributed by atoms with van der Waals surface area (Å²) in [6.45, 7) is 0.428. The summed E-state index contributed by atoms with van der Waals surface area (Å²) in [6.07, 6.45) is 0.569. The number of amides is 1. The van der Waals surface area contributed by atoms with Crippen molar-refractivity contribution in [2.75, 3.05) is 6.54 Å². The zero-order valence-corrected chi connectivity index (χ0v) is 9.66. The number of nitro groups is 2. The van der Waals surface area contributed by atoms with Crippen molar-refractivity contribution in [1.29, 1.82) is 0 Å². The fourth-order valence-corrected chi connectivity index (χ4v) is 2.88. The van der Waals surface area contributed by atoms with E-state index in [0.717, 1.165) is 0 Å². The summed E-state index contributed by atoms with van der Waals surface area (Å²) in [5.74, 6) is -0.580. The Kier molecular flexibility index (Phi) is 2.28. The standard InChI is InChI=1S/C11H9N3O5/c15-11-8-1-5(4-12-11)6-2-9(13(16)17)10(14(18)19)3-7(6)8/h2-3,5,8H,1,4H2,(H,12,15). The van der Waals surface area contributed by atoms with Gasteiger partial charge in [0.25, 0.3) is 0 Å². The van der Waals surface area contributed by atoms with Gasteiger partial charge in [0, 0.05) is 24.6 Å². The van der Waals surface area contributed by atoms with Gasteiger partial charge in [-0.05, 0) is 17.5 Å². The van der Waals surface area contributed by atoms with Gasteiger partial charge in [-0.3, -0.25) is 25.0 Å². The number of nitro benzene ring substituents is 2. The molecular formula is C11H9N3O5. The van der Waals surface area contributed by atoms with Crippen molar-refractivity contribution >= 4 is 17.3 Å². The summed E-state index contributed by atoms with van der Waals surface area (Å²) in [4.78, 5) is 32.0. The smallest absolute Gasteiger partial charge is 0.346 e. The number of hydrogen-bond donors (Lipinski definition) is 1. The van der Waals surface area contributed by atoms with E-state index in [0.29, 0.717) is 24.1 Å². The molecule has 8 nitrogen and oxygen atoms in total. The lowest BCUT2D eigenvalue weighted by Crippen LogP contribution is -2.34. The molecular weight excluding hydrogens is 254 g/mol. The lowest BCUT2D eigenvalue weighted by molar-refractivity contribution is -0.422. The fraction of sp³-hybridized carbons (Fsp3) is 0.364. The maximum absolute atomic E-state index is 11.7. The molecule has 1 aliphatic heterocycles. The van der Waals surface area contributed by atoms with Crippen molar-refractivity contribution in [3.8, 4) is 0 Å². The summed E-state index contributed by atoms with van der Waals surface area (Å²) < 4.78 is 0. The van der Waals surface area contributed by atoms with Crippen LogP contribution in [0.1, 0.15) is 29.4 Å². The highest BCUT2D eigenvalue weighted by atomic mass is 16.6. The minimum atomic E-state index is -0.779. The molecule has 0 spiro atoms. The predicted molar refractivity (Wildman–Crippen MR) is 62.9 cm³/mol. The van der Waals surface area contributed by atoms with Crippen LogP contribution in [0.2, 0.25) is 0 Å². The number of fused-ring (bicyclic) bond motifs is 5. The molecule has 1 N–H and O–H groups in total. The highest BCUT2D eigenvalue weighted by Gasteiger charge is 2.42. The van der Waals surface area contributed by atoms with Crippen LogP contribution in [-0.2, 0) is 4.79 Å². The third-order valence-electron chi connectivity index (χ3n) is 3.75. The lowest BCUT2D eigenvalue weighted by Gasteiger charge is -2.19. The molecule has 1 amide bonds. The molecule has 1 heterocycles. The van der Waals surface area contributed by atoms with Crippen molar-refractivity contribution in [2.45, 2.75) is 18.3 Å². The first-order chi connectivity index (χ1) is 8.99. The van der Waals surface area contributed by atoms with Gasteiger partial charge in [0.1, 0.15) is 0 Å². The molecule has 0 radical (unpaired) electrons. The van der Waals surface area contributed by atoms with Crippen molar-refractivity contribution < 1.29 is 14.6 Å². The highest BCUT2D eigenvalue weighted by molar-refractivity contribution is 5.87. The normalized spacial score (nSPS) is 23.7. The zero-order valence-electron chi connectivity index (χ0n) is 9.66. The van der Waals surface area contributed by atoms with Gasteiger partial charge in [0.05, 0.1) is 15.8 Å². The van der Waals surface area contributed by atoms with Gasteiger partial charge in [-0.1, -0.05) is 0 Å². The van der Waals surface area contributed by atoms with Crippen molar-refractivity contribution in [2.24, 2.45) is 0 Å².